The Bertz CT molecular complexity index is 1140. The summed E-state index contributed by atoms with van der Waals surface area (Å²) in [6.45, 7) is 9.68. The van der Waals surface area contributed by atoms with Gasteiger partial charge in [0.25, 0.3) is 0 Å². The molecule has 1 aliphatic carbocycles. The average Bonchev–Trinajstić information content (AvgIpc) is 3.35. The van der Waals surface area contributed by atoms with Crippen LogP contribution in [0.3, 0.4) is 0 Å². The molecular weight excluding hydrogens is 1010 g/mol. The summed E-state index contributed by atoms with van der Waals surface area (Å²) >= 11 is 0. The third-order valence-electron chi connectivity index (χ3n) is 9.49. The first-order valence-corrected chi connectivity index (χ1v) is 28.3. The van der Waals surface area contributed by atoms with E-state index >= 15 is 0 Å². The van der Waals surface area contributed by atoms with Crippen LogP contribution >= 0.6 is 0 Å². The quantitative estimate of drug-likeness (QED) is 0.0421. The Morgan fingerprint density at radius 3 is 1.09 bits per heavy atom. The number of esters is 1. The van der Waals surface area contributed by atoms with E-state index in [-0.39, 0.29) is 52.2 Å². The minimum absolute atomic E-state index is 0.0694. The molecule has 0 aliphatic heterocycles. The van der Waals surface area contributed by atoms with E-state index in [2.05, 4.69) is 42.9 Å². The highest BCUT2D eigenvalue weighted by molar-refractivity contribution is 5.89. The molecule has 0 bridgehead atoms. The van der Waals surface area contributed by atoms with Gasteiger partial charge in [-0.25, -0.2) is 4.79 Å². The summed E-state index contributed by atoms with van der Waals surface area (Å²) in [5.74, 6) is -0.257. The summed E-state index contributed by atoms with van der Waals surface area (Å²) in [5.41, 5.74) is 0.603. The lowest BCUT2D eigenvalue weighted by molar-refractivity contribution is 0.0481. The van der Waals surface area contributed by atoms with E-state index in [1.54, 1.807) is 17.0 Å². The summed E-state index contributed by atoms with van der Waals surface area (Å²) in [5, 5.41) is 67.2. The number of hydrogen-bond acceptors (Lipinski definition) is 21. The smallest absolute Gasteiger partial charge is 0.338 e. The molecule has 8 N–H and O–H groups in total. The Balaban J connectivity index is -0.000000121. The minimum Gasteiger partial charge on any atom is -0.461 e. The Labute approximate surface area is 487 Å². The Hall–Kier alpha value is -2.07. The first kappa shape index (κ1) is 93.3. The molecule has 1 fully saturated rings. The van der Waals surface area contributed by atoms with Crippen molar-refractivity contribution in [2.45, 2.75) is 70.3 Å². The lowest BCUT2D eigenvalue weighted by atomic mass is 9.95. The van der Waals surface area contributed by atoms with Crippen LogP contribution in [-0.2, 0) is 9.47 Å². The second kappa shape index (κ2) is 78.0. The van der Waals surface area contributed by atoms with Crippen LogP contribution in [0.2, 0.25) is 0 Å². The second-order valence-electron chi connectivity index (χ2n) is 21.3. The van der Waals surface area contributed by atoms with Gasteiger partial charge >= 0.3 is 5.97 Å². The van der Waals surface area contributed by atoms with Gasteiger partial charge < -0.3 is 94.4 Å². The van der Waals surface area contributed by atoms with Gasteiger partial charge in [0.2, 0.25) is 0 Å². The van der Waals surface area contributed by atoms with Gasteiger partial charge in [-0.05, 0) is 192 Å². The van der Waals surface area contributed by atoms with Crippen LogP contribution < -0.4 is 0 Å². The molecule has 0 spiro atoms. The number of nitrogens with zero attached hydrogens (tertiary/aromatic N) is 10. The van der Waals surface area contributed by atoms with Crippen molar-refractivity contribution in [2.75, 3.05) is 273 Å². The molecule has 1 aliphatic rings. The van der Waals surface area contributed by atoms with Crippen molar-refractivity contribution in [1.82, 2.24) is 49.0 Å². The fraction of sp³-hybridized carbons (Fsp3) is 0.879. The van der Waals surface area contributed by atoms with Crippen molar-refractivity contribution >= 4 is 5.97 Å². The largest absolute Gasteiger partial charge is 0.461 e. The average molecular weight is 1150 g/mol. The standard InChI is InChI=1S/C11H15NO2.C8H19NO.C8H17N.C7H17NO2.C6H15NO3.C5H13NO2.C4H11NO.3C3H9N/c1-12(2)8-9-14-11(13)10-6-4-3-5-7-10;1-9(2)7-5-3-4-6-8-10;1-9(2)8-6-4-3-5-7-8;1-8(2)4-7-10-6-3-5-9;8-4-1-7(2-5-9)3-6-10;1-6(2-4-7)3-5-8;1-5(2)3-4-6;3*1-4(2)3/h3-7H,8-9H2,1-2H3;10H,3-8H2,1-2H3;8H,3-7H2,1-2H3;9H,3-7H2,1-2H3;8-10H,1-6H2;7-8H,2-5H2,1H3;6H,3-4H2,1-2H3;3*1-3H3. The van der Waals surface area contributed by atoms with E-state index < -0.39 is 0 Å². The summed E-state index contributed by atoms with van der Waals surface area (Å²) < 4.78 is 10.2. The molecule has 0 radical (unpaired) electrons. The number of carbonyl (C=O) groups excluding carboxylic acids is 1. The van der Waals surface area contributed by atoms with Gasteiger partial charge in [-0.2, -0.15) is 0 Å². The number of unbranched alkanes of at least 4 members (excludes halogenated alkanes) is 3. The summed E-state index contributed by atoms with van der Waals surface area (Å²) in [6, 6.07) is 9.90. The van der Waals surface area contributed by atoms with Gasteiger partial charge in [0, 0.05) is 78.2 Å². The maximum absolute atomic E-state index is 11.4. The predicted molar refractivity (Wildman–Crippen MR) is 335 cm³/mol. The van der Waals surface area contributed by atoms with E-state index in [1.165, 1.54) is 57.9 Å². The van der Waals surface area contributed by atoms with E-state index in [1.807, 2.05) is 160 Å². The maximum Gasteiger partial charge on any atom is 0.338 e. The van der Waals surface area contributed by atoms with Crippen molar-refractivity contribution in [1.29, 1.82) is 0 Å². The highest BCUT2D eigenvalue weighted by atomic mass is 16.5. The molecule has 1 saturated carbocycles. The number of hydrogen-bond donors (Lipinski definition) is 8. The SMILES string of the molecule is CN(C)C.CN(C)C.CN(C)C.CN(C)C1CCCCC1.CN(C)CCCCCCO.CN(C)CCO.CN(C)CCOC(=O)c1ccccc1.CN(C)CCOCCCO.CN(CCO)CCO.OCCN(CCO)CCO. The first-order chi connectivity index (χ1) is 37.2. The van der Waals surface area contributed by atoms with Gasteiger partial charge in [-0.3, -0.25) is 4.90 Å². The van der Waals surface area contributed by atoms with Crippen molar-refractivity contribution in [3.05, 3.63) is 35.9 Å². The van der Waals surface area contributed by atoms with Crippen LogP contribution in [0.4, 0.5) is 0 Å². The summed E-state index contributed by atoms with van der Waals surface area (Å²) in [7, 11) is 40.2. The maximum atomic E-state index is 11.4. The summed E-state index contributed by atoms with van der Waals surface area (Å²) in [6.07, 6.45) is 12.6. The zero-order chi connectivity index (χ0) is 62.7. The highest BCUT2D eigenvalue weighted by Crippen LogP contribution is 2.20. The van der Waals surface area contributed by atoms with Crippen LogP contribution in [0.25, 0.3) is 0 Å². The van der Waals surface area contributed by atoms with Crippen molar-refractivity contribution < 1.29 is 55.1 Å². The number of aliphatic hydroxyl groups excluding tert-OH is 8. The molecule has 0 aromatic heterocycles. The van der Waals surface area contributed by atoms with Crippen LogP contribution in [0.5, 0.6) is 0 Å². The van der Waals surface area contributed by atoms with Gasteiger partial charge in [-0.15, -0.1) is 0 Å². The highest BCUT2D eigenvalue weighted by Gasteiger charge is 2.14. The third kappa shape index (κ3) is 116. The number of aliphatic hydroxyl groups is 8. The molecule has 0 atom stereocenters. The molecular formula is C58H134N10O11. The van der Waals surface area contributed by atoms with Crippen LogP contribution in [0.15, 0.2) is 30.3 Å². The number of likely N-dealkylation sites (N-methyl/N-ethyl adjacent to an activating group) is 4. The Morgan fingerprint density at radius 2 is 0.772 bits per heavy atom. The zero-order valence-corrected chi connectivity index (χ0v) is 55.0. The van der Waals surface area contributed by atoms with Crippen molar-refractivity contribution in [3.63, 3.8) is 0 Å². The lowest BCUT2D eigenvalue weighted by Gasteiger charge is -2.27. The molecule has 0 amide bonds. The monoisotopic (exact) mass is 1150 g/mol. The van der Waals surface area contributed by atoms with Gasteiger partial charge in [0.05, 0.1) is 51.8 Å². The topological polar surface area (TPSA) is 230 Å². The molecule has 482 valence electrons. The van der Waals surface area contributed by atoms with Crippen molar-refractivity contribution in [3.8, 4) is 0 Å². The van der Waals surface area contributed by atoms with Crippen molar-refractivity contribution in [2.24, 2.45) is 0 Å². The molecule has 0 heterocycles. The zero-order valence-electron chi connectivity index (χ0n) is 55.0. The molecule has 1 aromatic carbocycles. The predicted octanol–water partition coefficient (Wildman–Crippen LogP) is 1.58. The molecule has 1 aromatic rings. The van der Waals surface area contributed by atoms with E-state index in [0.717, 1.165) is 45.1 Å². The van der Waals surface area contributed by atoms with Crippen LogP contribution in [-0.4, -0.2) is 374 Å². The minimum atomic E-state index is -0.257. The normalized spacial score (nSPS) is 11.7. The molecule has 2 rings (SSSR count). The van der Waals surface area contributed by atoms with Gasteiger partial charge in [0.15, 0.2) is 0 Å². The second-order valence-corrected chi connectivity index (χ2v) is 21.3. The Morgan fingerprint density at radius 1 is 0.405 bits per heavy atom. The number of rotatable bonds is 29. The number of carbonyl (C=O) groups is 1. The van der Waals surface area contributed by atoms with E-state index in [0.29, 0.717) is 58.1 Å². The fourth-order valence-electron chi connectivity index (χ4n) is 5.40. The number of benzene rings is 1. The molecule has 0 saturated heterocycles. The van der Waals surface area contributed by atoms with Gasteiger partial charge in [0.1, 0.15) is 6.61 Å². The lowest BCUT2D eigenvalue weighted by Crippen LogP contribution is -2.32. The Kier molecular flexibility index (Phi) is 92.2. The van der Waals surface area contributed by atoms with Gasteiger partial charge in [-0.1, -0.05) is 50.3 Å². The molecule has 21 heteroatoms. The van der Waals surface area contributed by atoms with E-state index in [4.69, 9.17) is 50.3 Å². The summed E-state index contributed by atoms with van der Waals surface area (Å²) in [4.78, 5) is 31.6. The number of ether oxygens (including phenoxy) is 2. The molecule has 21 nitrogen and oxygen atoms in total. The fourth-order valence-corrected chi connectivity index (χ4v) is 5.40. The van der Waals surface area contributed by atoms with E-state index in [9.17, 15) is 4.79 Å². The first-order valence-electron chi connectivity index (χ1n) is 28.3. The van der Waals surface area contributed by atoms with Crippen LogP contribution in [0.1, 0.15) is 74.6 Å². The molecule has 79 heavy (non-hydrogen) atoms. The molecule has 0 unspecified atom stereocenters. The third-order valence-corrected chi connectivity index (χ3v) is 9.49. The van der Waals surface area contributed by atoms with Crippen LogP contribution in [0, 0.1) is 0 Å².